The SMILES string of the molecule is O=C(CSC1=NC2(CCCC2)N=C1c1cccs1)Nc1ccc(F)cc1F. The summed E-state index contributed by atoms with van der Waals surface area (Å²) in [6.07, 6.45) is 4.07. The maximum Gasteiger partial charge on any atom is 0.234 e. The number of hydrogen-bond donors (Lipinski definition) is 1. The number of thioether (sulfide) groups is 1. The number of nitrogens with one attached hydrogen (secondary N) is 1. The minimum Gasteiger partial charge on any atom is -0.323 e. The van der Waals surface area contributed by atoms with Gasteiger partial charge in [0.05, 0.1) is 16.3 Å². The Morgan fingerprint density at radius 1 is 1.22 bits per heavy atom. The first kappa shape index (κ1) is 18.3. The minimum absolute atomic E-state index is 0.0326. The summed E-state index contributed by atoms with van der Waals surface area (Å²) in [6.45, 7) is 0. The first-order valence-electron chi connectivity index (χ1n) is 8.66. The van der Waals surface area contributed by atoms with Crippen LogP contribution >= 0.6 is 23.1 Å². The van der Waals surface area contributed by atoms with E-state index in [9.17, 15) is 13.6 Å². The van der Waals surface area contributed by atoms with Crippen molar-refractivity contribution in [2.24, 2.45) is 9.98 Å². The number of hydrogen-bond acceptors (Lipinski definition) is 5. The fraction of sp³-hybridized carbons (Fsp3) is 0.316. The van der Waals surface area contributed by atoms with Crippen molar-refractivity contribution < 1.29 is 13.6 Å². The summed E-state index contributed by atoms with van der Waals surface area (Å²) in [5.41, 5.74) is 0.439. The van der Waals surface area contributed by atoms with Crippen molar-refractivity contribution in [3.05, 3.63) is 52.2 Å². The molecule has 140 valence electrons. The third kappa shape index (κ3) is 3.96. The Morgan fingerprint density at radius 2 is 2.04 bits per heavy atom. The molecule has 2 heterocycles. The van der Waals surface area contributed by atoms with Gasteiger partial charge >= 0.3 is 0 Å². The highest BCUT2D eigenvalue weighted by Crippen LogP contribution is 2.40. The summed E-state index contributed by atoms with van der Waals surface area (Å²) >= 11 is 2.90. The van der Waals surface area contributed by atoms with Crippen LogP contribution in [0, 0.1) is 11.6 Å². The van der Waals surface area contributed by atoms with Crippen LogP contribution in [-0.2, 0) is 4.79 Å². The van der Waals surface area contributed by atoms with E-state index in [0.717, 1.165) is 53.4 Å². The summed E-state index contributed by atoms with van der Waals surface area (Å²) in [6, 6.07) is 7.04. The number of nitrogens with zero attached hydrogens (tertiary/aromatic N) is 2. The average molecular weight is 405 g/mol. The molecular formula is C19H17F2N3OS2. The lowest BCUT2D eigenvalue weighted by molar-refractivity contribution is -0.113. The highest BCUT2D eigenvalue weighted by atomic mass is 32.2. The predicted octanol–water partition coefficient (Wildman–Crippen LogP) is 4.87. The van der Waals surface area contributed by atoms with Gasteiger partial charge in [0.25, 0.3) is 0 Å². The number of aliphatic imine (C=N–C) groups is 2. The van der Waals surface area contributed by atoms with Gasteiger partial charge in [-0.3, -0.25) is 9.79 Å². The van der Waals surface area contributed by atoms with Crippen LogP contribution in [0.2, 0.25) is 0 Å². The number of carbonyl (C=O) groups is 1. The maximum absolute atomic E-state index is 13.7. The average Bonchev–Trinajstić information content (AvgIpc) is 3.38. The molecule has 8 heteroatoms. The van der Waals surface area contributed by atoms with Crippen molar-refractivity contribution in [2.75, 3.05) is 11.1 Å². The van der Waals surface area contributed by atoms with E-state index in [1.165, 1.54) is 17.8 Å². The molecule has 1 amide bonds. The molecule has 0 atom stereocenters. The van der Waals surface area contributed by atoms with Crippen LogP contribution in [0.5, 0.6) is 0 Å². The number of halogens is 2. The topological polar surface area (TPSA) is 53.8 Å². The van der Waals surface area contributed by atoms with Gasteiger partial charge in [-0.2, -0.15) is 0 Å². The Bertz CT molecular complexity index is 919. The first-order valence-corrected chi connectivity index (χ1v) is 10.5. The number of thiophene rings is 1. The molecule has 0 radical (unpaired) electrons. The Labute approximate surface area is 163 Å². The van der Waals surface area contributed by atoms with Gasteiger partial charge in [0.2, 0.25) is 5.91 Å². The van der Waals surface area contributed by atoms with Gasteiger partial charge in [0.1, 0.15) is 22.4 Å². The summed E-state index contributed by atoms with van der Waals surface area (Å²) in [7, 11) is 0. The molecule has 2 aliphatic rings. The molecule has 0 saturated heterocycles. The first-order chi connectivity index (χ1) is 13.0. The molecule has 1 aliphatic heterocycles. The lowest BCUT2D eigenvalue weighted by Gasteiger charge is -2.14. The molecule has 4 nitrogen and oxygen atoms in total. The van der Waals surface area contributed by atoms with Crippen LogP contribution < -0.4 is 5.32 Å². The second kappa shape index (κ2) is 7.52. The van der Waals surface area contributed by atoms with Crippen LogP contribution in [0.1, 0.15) is 30.6 Å². The molecule has 4 rings (SSSR count). The number of benzene rings is 1. The third-order valence-electron chi connectivity index (χ3n) is 4.54. The van der Waals surface area contributed by atoms with Crippen molar-refractivity contribution in [3.8, 4) is 0 Å². The zero-order valence-corrected chi connectivity index (χ0v) is 16.0. The van der Waals surface area contributed by atoms with E-state index in [0.29, 0.717) is 0 Å². The van der Waals surface area contributed by atoms with Crippen LogP contribution in [0.25, 0.3) is 0 Å². The smallest absolute Gasteiger partial charge is 0.234 e. The van der Waals surface area contributed by atoms with E-state index >= 15 is 0 Å². The molecule has 1 N–H and O–H groups in total. The van der Waals surface area contributed by atoms with Crippen LogP contribution in [0.3, 0.4) is 0 Å². The van der Waals surface area contributed by atoms with E-state index in [1.807, 2.05) is 17.5 Å². The maximum atomic E-state index is 13.7. The number of anilines is 1. The van der Waals surface area contributed by atoms with Crippen molar-refractivity contribution in [2.45, 2.75) is 31.3 Å². The zero-order valence-electron chi connectivity index (χ0n) is 14.4. The van der Waals surface area contributed by atoms with E-state index in [2.05, 4.69) is 5.32 Å². The summed E-state index contributed by atoms with van der Waals surface area (Å²) in [5, 5.41) is 5.23. The highest BCUT2D eigenvalue weighted by Gasteiger charge is 2.39. The van der Waals surface area contributed by atoms with Gasteiger partial charge < -0.3 is 5.32 Å². The largest absolute Gasteiger partial charge is 0.323 e. The second-order valence-corrected chi connectivity index (χ2v) is 8.42. The van der Waals surface area contributed by atoms with Crippen molar-refractivity contribution >= 4 is 45.4 Å². The van der Waals surface area contributed by atoms with Crippen molar-refractivity contribution in [1.82, 2.24) is 0 Å². The Morgan fingerprint density at radius 3 is 2.74 bits per heavy atom. The Kier molecular flexibility index (Phi) is 5.10. The molecule has 2 aromatic rings. The Hall–Kier alpha value is -2.06. The normalized spacial score (nSPS) is 17.9. The molecule has 1 aromatic carbocycles. The lowest BCUT2D eigenvalue weighted by Crippen LogP contribution is -2.18. The highest BCUT2D eigenvalue weighted by molar-refractivity contribution is 8.16. The fourth-order valence-corrected chi connectivity index (χ4v) is 4.92. The summed E-state index contributed by atoms with van der Waals surface area (Å²) < 4.78 is 26.7. The number of rotatable bonds is 4. The third-order valence-corrected chi connectivity index (χ3v) is 6.38. The minimum atomic E-state index is -0.794. The summed E-state index contributed by atoms with van der Waals surface area (Å²) in [4.78, 5) is 23.0. The molecule has 1 fully saturated rings. The van der Waals surface area contributed by atoms with Gasteiger partial charge in [0, 0.05) is 6.07 Å². The van der Waals surface area contributed by atoms with Crippen molar-refractivity contribution in [1.29, 1.82) is 0 Å². The monoisotopic (exact) mass is 405 g/mol. The summed E-state index contributed by atoms with van der Waals surface area (Å²) in [5.74, 6) is -1.77. The molecule has 1 saturated carbocycles. The van der Waals surface area contributed by atoms with E-state index in [1.54, 1.807) is 11.3 Å². The number of amides is 1. The molecular weight excluding hydrogens is 388 g/mol. The van der Waals surface area contributed by atoms with Gasteiger partial charge in [-0.1, -0.05) is 17.8 Å². The van der Waals surface area contributed by atoms with Crippen LogP contribution in [-0.4, -0.2) is 28.1 Å². The van der Waals surface area contributed by atoms with Gasteiger partial charge in [0.15, 0.2) is 5.66 Å². The van der Waals surface area contributed by atoms with Gasteiger partial charge in [-0.25, -0.2) is 13.8 Å². The van der Waals surface area contributed by atoms with Gasteiger partial charge in [-0.05, 0) is 49.3 Å². The standard InChI is InChI=1S/C19H17F2N3OS2/c20-12-5-6-14(13(21)10-12)22-16(25)11-27-18-17(15-4-3-9-26-15)23-19(24-18)7-1-2-8-19/h3-6,9-10H,1-2,7-8,11H2,(H,22,25). The second-order valence-electron chi connectivity index (χ2n) is 6.51. The molecule has 1 aromatic heterocycles. The van der Waals surface area contributed by atoms with Crippen LogP contribution in [0.4, 0.5) is 14.5 Å². The van der Waals surface area contributed by atoms with E-state index < -0.39 is 11.6 Å². The van der Waals surface area contributed by atoms with Crippen LogP contribution in [0.15, 0.2) is 45.7 Å². The van der Waals surface area contributed by atoms with E-state index in [4.69, 9.17) is 9.98 Å². The number of carbonyl (C=O) groups excluding carboxylic acids is 1. The molecule has 1 spiro atoms. The quantitative estimate of drug-likeness (QED) is 0.789. The fourth-order valence-electron chi connectivity index (χ4n) is 3.27. The molecule has 27 heavy (non-hydrogen) atoms. The van der Waals surface area contributed by atoms with E-state index in [-0.39, 0.29) is 23.0 Å². The molecule has 0 unspecified atom stereocenters. The molecule has 0 bridgehead atoms. The molecule has 1 aliphatic carbocycles. The van der Waals surface area contributed by atoms with Crippen molar-refractivity contribution in [3.63, 3.8) is 0 Å². The predicted molar refractivity (Wildman–Crippen MR) is 107 cm³/mol. The zero-order chi connectivity index (χ0) is 18.9. The van der Waals surface area contributed by atoms with Gasteiger partial charge in [-0.15, -0.1) is 11.3 Å². The Balaban J connectivity index is 1.46. The lowest BCUT2D eigenvalue weighted by atomic mass is 10.1.